The average molecular weight is 399 g/mol. The maximum Gasteiger partial charge on any atom is 0.206 e. The van der Waals surface area contributed by atoms with E-state index < -0.39 is 0 Å². The van der Waals surface area contributed by atoms with Crippen LogP contribution in [-0.2, 0) is 0 Å². The molecule has 1 heterocycles. The number of methoxy groups -OCH3 is 3. The summed E-state index contributed by atoms with van der Waals surface area (Å²) >= 11 is 1.18. The molecule has 0 saturated carbocycles. The second-order valence-corrected chi connectivity index (χ2v) is 6.96. The maximum atomic E-state index is 12.9. The van der Waals surface area contributed by atoms with Crippen molar-refractivity contribution in [2.45, 2.75) is 6.92 Å². The van der Waals surface area contributed by atoms with Gasteiger partial charge in [-0.1, -0.05) is 17.4 Å². The lowest BCUT2D eigenvalue weighted by Gasteiger charge is -2.09. The zero-order chi connectivity index (χ0) is 20.3. The third kappa shape index (κ3) is 3.86. The number of carbonyl (C=O) groups excluding carboxylic acids is 1. The molecule has 7 nitrogen and oxygen atoms in total. The van der Waals surface area contributed by atoms with Crippen molar-refractivity contribution < 1.29 is 19.0 Å². The molecule has 3 aromatic rings. The Morgan fingerprint density at radius 3 is 2.36 bits per heavy atom. The van der Waals surface area contributed by atoms with E-state index in [9.17, 15) is 4.79 Å². The molecule has 0 fully saturated rings. The topological polar surface area (TPSA) is 95.7 Å². The highest BCUT2D eigenvalue weighted by Crippen LogP contribution is 2.35. The first-order valence-electron chi connectivity index (χ1n) is 8.41. The minimum atomic E-state index is -0.236. The van der Waals surface area contributed by atoms with Crippen LogP contribution >= 0.6 is 11.3 Å². The number of nitrogen functional groups attached to an aromatic ring is 1. The van der Waals surface area contributed by atoms with Gasteiger partial charge in [-0.2, -0.15) is 0 Å². The summed E-state index contributed by atoms with van der Waals surface area (Å²) in [6.45, 7) is 1.98. The van der Waals surface area contributed by atoms with E-state index in [4.69, 9.17) is 19.9 Å². The fourth-order valence-corrected chi connectivity index (χ4v) is 3.55. The summed E-state index contributed by atoms with van der Waals surface area (Å²) in [4.78, 5) is 17.6. The number of hydrogen-bond donors (Lipinski definition) is 2. The van der Waals surface area contributed by atoms with E-state index in [-0.39, 0.29) is 11.6 Å². The predicted octanol–water partition coefficient (Wildman–Crippen LogP) is 4.03. The number of benzene rings is 2. The van der Waals surface area contributed by atoms with E-state index in [1.54, 1.807) is 25.3 Å². The minimum Gasteiger partial charge on any atom is -0.495 e. The Kier molecular flexibility index (Phi) is 5.70. The van der Waals surface area contributed by atoms with Crippen LogP contribution in [0, 0.1) is 6.92 Å². The lowest BCUT2D eigenvalue weighted by atomic mass is 10.1. The Hall–Kier alpha value is -3.26. The summed E-state index contributed by atoms with van der Waals surface area (Å²) in [6.07, 6.45) is 0. The fraction of sp³-hybridized carbons (Fsp3) is 0.200. The van der Waals surface area contributed by atoms with E-state index in [0.717, 1.165) is 11.3 Å². The Labute approximate surface area is 167 Å². The standard InChI is InChI=1S/C20H21N3O4S/c1-11-5-7-14(25-2)13(9-11)22-20-23-19(21)18(28-20)17(24)12-6-8-15(26-3)16(10-12)27-4/h5-10H,21H2,1-4H3,(H,22,23). The Balaban J connectivity index is 1.90. The number of thiazole rings is 1. The van der Waals surface area contributed by atoms with Crippen LogP contribution in [0.15, 0.2) is 36.4 Å². The molecule has 0 radical (unpaired) electrons. The molecule has 2 aromatic carbocycles. The molecule has 0 unspecified atom stereocenters. The normalized spacial score (nSPS) is 10.4. The third-order valence-electron chi connectivity index (χ3n) is 4.10. The Bertz CT molecular complexity index is 1020. The van der Waals surface area contributed by atoms with Gasteiger partial charge in [0.1, 0.15) is 16.4 Å². The first kappa shape index (κ1) is 19.5. The number of nitrogens with zero attached hydrogens (tertiary/aromatic N) is 1. The zero-order valence-corrected chi connectivity index (χ0v) is 16.8. The molecule has 0 aliphatic carbocycles. The second-order valence-electron chi connectivity index (χ2n) is 5.96. The summed E-state index contributed by atoms with van der Waals surface area (Å²) in [6, 6.07) is 10.7. The van der Waals surface area contributed by atoms with Gasteiger partial charge in [0.05, 0.1) is 27.0 Å². The summed E-state index contributed by atoms with van der Waals surface area (Å²) in [5, 5.41) is 3.68. The van der Waals surface area contributed by atoms with Gasteiger partial charge in [-0.25, -0.2) is 4.98 Å². The van der Waals surface area contributed by atoms with Crippen LogP contribution in [0.3, 0.4) is 0 Å². The van der Waals surface area contributed by atoms with Gasteiger partial charge < -0.3 is 25.3 Å². The second kappa shape index (κ2) is 8.18. The van der Waals surface area contributed by atoms with Crippen LogP contribution < -0.4 is 25.3 Å². The van der Waals surface area contributed by atoms with Crippen molar-refractivity contribution in [1.82, 2.24) is 4.98 Å². The van der Waals surface area contributed by atoms with Gasteiger partial charge in [-0.05, 0) is 42.8 Å². The molecule has 0 spiro atoms. The average Bonchev–Trinajstić information content (AvgIpc) is 3.07. The SMILES string of the molecule is COc1ccc(C)cc1Nc1nc(N)c(C(=O)c2ccc(OC)c(OC)c2)s1. The number of ether oxygens (including phenoxy) is 3. The van der Waals surface area contributed by atoms with Crippen LogP contribution in [0.4, 0.5) is 16.6 Å². The molecule has 3 N–H and O–H groups in total. The van der Waals surface area contributed by atoms with Crippen molar-refractivity contribution >= 4 is 33.8 Å². The molecule has 8 heteroatoms. The third-order valence-corrected chi connectivity index (χ3v) is 5.09. The van der Waals surface area contributed by atoms with Crippen molar-refractivity contribution in [1.29, 1.82) is 0 Å². The highest BCUT2D eigenvalue weighted by Gasteiger charge is 2.20. The van der Waals surface area contributed by atoms with E-state index in [2.05, 4.69) is 10.3 Å². The maximum absolute atomic E-state index is 12.9. The van der Waals surface area contributed by atoms with Gasteiger partial charge in [-0.15, -0.1) is 0 Å². The molecule has 28 heavy (non-hydrogen) atoms. The number of nitrogens with one attached hydrogen (secondary N) is 1. The summed E-state index contributed by atoms with van der Waals surface area (Å²) in [5.74, 6) is 1.62. The van der Waals surface area contributed by atoms with E-state index in [1.165, 1.54) is 25.6 Å². The monoisotopic (exact) mass is 399 g/mol. The van der Waals surface area contributed by atoms with E-state index in [1.807, 2.05) is 25.1 Å². The van der Waals surface area contributed by atoms with Crippen molar-refractivity contribution in [2.75, 3.05) is 32.4 Å². The van der Waals surface area contributed by atoms with Gasteiger partial charge in [0, 0.05) is 5.56 Å². The van der Waals surface area contributed by atoms with Crippen molar-refractivity contribution in [3.05, 3.63) is 52.4 Å². The van der Waals surface area contributed by atoms with Crippen LogP contribution in [0.1, 0.15) is 20.8 Å². The molecule has 1 aromatic heterocycles. The number of aryl methyl sites for hydroxylation is 1. The number of anilines is 3. The van der Waals surface area contributed by atoms with Crippen LogP contribution in [0.2, 0.25) is 0 Å². The highest BCUT2D eigenvalue weighted by molar-refractivity contribution is 7.18. The van der Waals surface area contributed by atoms with Crippen LogP contribution in [-0.4, -0.2) is 32.1 Å². The molecule has 0 saturated heterocycles. The number of rotatable bonds is 7. The molecule has 0 aliphatic rings. The lowest BCUT2D eigenvalue weighted by molar-refractivity contribution is 0.104. The molecular weight excluding hydrogens is 378 g/mol. The van der Waals surface area contributed by atoms with Gasteiger partial charge in [0.25, 0.3) is 0 Å². The number of aromatic nitrogens is 1. The van der Waals surface area contributed by atoms with Crippen molar-refractivity contribution in [2.24, 2.45) is 0 Å². The highest BCUT2D eigenvalue weighted by atomic mass is 32.1. The fourth-order valence-electron chi connectivity index (χ4n) is 2.69. The van der Waals surface area contributed by atoms with Crippen LogP contribution in [0.25, 0.3) is 0 Å². The lowest BCUT2D eigenvalue weighted by Crippen LogP contribution is -2.03. The van der Waals surface area contributed by atoms with E-state index in [0.29, 0.717) is 32.8 Å². The Morgan fingerprint density at radius 1 is 1.00 bits per heavy atom. The van der Waals surface area contributed by atoms with E-state index >= 15 is 0 Å². The Morgan fingerprint density at radius 2 is 1.68 bits per heavy atom. The van der Waals surface area contributed by atoms with Crippen LogP contribution in [0.5, 0.6) is 17.2 Å². The summed E-state index contributed by atoms with van der Waals surface area (Å²) in [7, 11) is 4.65. The minimum absolute atomic E-state index is 0.166. The first-order valence-corrected chi connectivity index (χ1v) is 9.23. The number of ketones is 1. The molecule has 0 amide bonds. The molecule has 146 valence electrons. The first-order chi connectivity index (χ1) is 13.5. The number of nitrogens with two attached hydrogens (primary N) is 1. The van der Waals surface area contributed by atoms with Gasteiger partial charge in [-0.3, -0.25) is 4.79 Å². The molecule has 0 atom stereocenters. The molecule has 0 aliphatic heterocycles. The quantitative estimate of drug-likeness (QED) is 0.579. The molecule has 3 rings (SSSR count). The molecule has 0 bridgehead atoms. The number of carbonyl (C=O) groups is 1. The smallest absolute Gasteiger partial charge is 0.206 e. The van der Waals surface area contributed by atoms with Crippen molar-refractivity contribution in [3.8, 4) is 17.2 Å². The zero-order valence-electron chi connectivity index (χ0n) is 16.0. The summed E-state index contributed by atoms with van der Waals surface area (Å²) < 4.78 is 15.8. The largest absolute Gasteiger partial charge is 0.495 e. The van der Waals surface area contributed by atoms with Gasteiger partial charge in [0.2, 0.25) is 5.78 Å². The summed E-state index contributed by atoms with van der Waals surface area (Å²) in [5.41, 5.74) is 8.26. The van der Waals surface area contributed by atoms with Crippen molar-refractivity contribution in [3.63, 3.8) is 0 Å². The molecular formula is C20H21N3O4S. The van der Waals surface area contributed by atoms with Gasteiger partial charge in [0.15, 0.2) is 16.6 Å². The van der Waals surface area contributed by atoms with Gasteiger partial charge >= 0.3 is 0 Å². The number of hydrogen-bond acceptors (Lipinski definition) is 8. The predicted molar refractivity (Wildman–Crippen MR) is 111 cm³/mol.